The van der Waals surface area contributed by atoms with Gasteiger partial charge in [-0.1, -0.05) is 46.8 Å². The molecule has 0 aliphatic carbocycles. The van der Waals surface area contributed by atoms with Gasteiger partial charge in [0, 0.05) is 37.0 Å². The summed E-state index contributed by atoms with van der Waals surface area (Å²) >= 11 is 0. The van der Waals surface area contributed by atoms with Crippen LogP contribution >= 0.6 is 0 Å². The molecule has 0 atom stereocenters. The molecule has 1 aromatic carbocycles. The standard InChI is InChI=1S/C23H33N3O2/c1-16(2)11-12-26-14-17-7-6-8-19(18(17)15-26)25-21(27)9-10-22-24-13-20(28-22)23(3,4)5/h6-8,13,16H,9-12,14-15H2,1-5H3,(H,25,27). The quantitative estimate of drug-likeness (QED) is 0.738. The van der Waals surface area contributed by atoms with Crippen LogP contribution in [0.5, 0.6) is 0 Å². The Labute approximate surface area is 168 Å². The van der Waals surface area contributed by atoms with E-state index in [-0.39, 0.29) is 11.3 Å². The van der Waals surface area contributed by atoms with Gasteiger partial charge in [-0.15, -0.1) is 0 Å². The fourth-order valence-corrected chi connectivity index (χ4v) is 3.41. The summed E-state index contributed by atoms with van der Waals surface area (Å²) in [5, 5.41) is 3.10. The van der Waals surface area contributed by atoms with Gasteiger partial charge in [0.1, 0.15) is 5.76 Å². The van der Waals surface area contributed by atoms with Crippen molar-refractivity contribution in [2.24, 2.45) is 5.92 Å². The van der Waals surface area contributed by atoms with E-state index in [0.717, 1.165) is 31.1 Å². The summed E-state index contributed by atoms with van der Waals surface area (Å²) in [4.78, 5) is 19.3. The molecule has 0 radical (unpaired) electrons. The molecule has 2 heterocycles. The number of amides is 1. The molecule has 0 unspecified atom stereocenters. The number of fused-ring (bicyclic) bond motifs is 1. The highest BCUT2D eigenvalue weighted by atomic mass is 16.4. The zero-order chi connectivity index (χ0) is 20.3. The number of oxazole rings is 1. The number of aromatic nitrogens is 1. The lowest BCUT2D eigenvalue weighted by molar-refractivity contribution is -0.116. The van der Waals surface area contributed by atoms with Crippen LogP contribution in [0.2, 0.25) is 0 Å². The Morgan fingerprint density at radius 1 is 1.29 bits per heavy atom. The van der Waals surface area contributed by atoms with Crippen LogP contribution < -0.4 is 5.32 Å². The zero-order valence-electron chi connectivity index (χ0n) is 17.8. The van der Waals surface area contributed by atoms with Crippen LogP contribution in [0.1, 0.15) is 70.2 Å². The summed E-state index contributed by atoms with van der Waals surface area (Å²) in [5.41, 5.74) is 3.45. The molecule has 5 nitrogen and oxygen atoms in total. The Bertz CT molecular complexity index is 817. The van der Waals surface area contributed by atoms with Crippen molar-refractivity contribution >= 4 is 11.6 Å². The third-order valence-electron chi connectivity index (χ3n) is 5.20. The average Bonchev–Trinajstić information content (AvgIpc) is 3.25. The molecule has 0 saturated carbocycles. The van der Waals surface area contributed by atoms with Gasteiger partial charge in [-0.05, 0) is 36.1 Å². The molecular weight excluding hydrogens is 350 g/mol. The van der Waals surface area contributed by atoms with Crippen molar-refractivity contribution < 1.29 is 9.21 Å². The van der Waals surface area contributed by atoms with E-state index in [1.807, 2.05) is 12.1 Å². The summed E-state index contributed by atoms with van der Waals surface area (Å²) in [6, 6.07) is 6.21. The van der Waals surface area contributed by atoms with Crippen LogP contribution in [-0.4, -0.2) is 22.3 Å². The van der Waals surface area contributed by atoms with Gasteiger partial charge in [-0.25, -0.2) is 4.98 Å². The van der Waals surface area contributed by atoms with E-state index in [2.05, 4.69) is 55.9 Å². The summed E-state index contributed by atoms with van der Waals surface area (Å²) in [5.74, 6) is 2.19. The first kappa shape index (κ1) is 20.6. The van der Waals surface area contributed by atoms with E-state index >= 15 is 0 Å². The molecule has 1 aliphatic rings. The highest BCUT2D eigenvalue weighted by Gasteiger charge is 2.23. The monoisotopic (exact) mass is 383 g/mol. The number of aryl methyl sites for hydroxylation is 1. The fourth-order valence-electron chi connectivity index (χ4n) is 3.41. The van der Waals surface area contributed by atoms with Crippen molar-refractivity contribution in [3.63, 3.8) is 0 Å². The molecule has 1 amide bonds. The Morgan fingerprint density at radius 2 is 2.07 bits per heavy atom. The summed E-state index contributed by atoms with van der Waals surface area (Å²) in [6.45, 7) is 13.8. The lowest BCUT2D eigenvalue weighted by Gasteiger charge is -2.16. The Morgan fingerprint density at radius 3 is 2.75 bits per heavy atom. The molecular formula is C23H33N3O2. The average molecular weight is 384 g/mol. The Kier molecular flexibility index (Phi) is 6.23. The number of hydrogen-bond donors (Lipinski definition) is 1. The maximum Gasteiger partial charge on any atom is 0.224 e. The molecule has 0 bridgehead atoms. The molecule has 5 heteroatoms. The van der Waals surface area contributed by atoms with Gasteiger partial charge in [0.25, 0.3) is 0 Å². The number of hydrogen-bond acceptors (Lipinski definition) is 4. The van der Waals surface area contributed by atoms with Gasteiger partial charge in [0.05, 0.1) is 6.20 Å². The van der Waals surface area contributed by atoms with Crippen LogP contribution in [0.15, 0.2) is 28.8 Å². The van der Waals surface area contributed by atoms with Crippen LogP contribution in [0.3, 0.4) is 0 Å². The molecule has 1 aromatic heterocycles. The smallest absolute Gasteiger partial charge is 0.224 e. The zero-order valence-corrected chi connectivity index (χ0v) is 17.8. The number of carbonyl (C=O) groups excluding carboxylic acids is 1. The first-order valence-corrected chi connectivity index (χ1v) is 10.3. The molecule has 1 N–H and O–H groups in total. The van der Waals surface area contributed by atoms with E-state index in [9.17, 15) is 4.79 Å². The minimum Gasteiger partial charge on any atom is -0.445 e. The van der Waals surface area contributed by atoms with E-state index in [4.69, 9.17) is 4.42 Å². The van der Waals surface area contributed by atoms with Gasteiger partial charge in [0.2, 0.25) is 5.91 Å². The van der Waals surface area contributed by atoms with Crippen LogP contribution in [-0.2, 0) is 29.7 Å². The Balaban J connectivity index is 1.56. The minimum atomic E-state index is -0.0699. The summed E-state index contributed by atoms with van der Waals surface area (Å²) < 4.78 is 5.79. The predicted octanol–water partition coefficient (Wildman–Crippen LogP) is 4.91. The lowest BCUT2D eigenvalue weighted by Crippen LogP contribution is -2.19. The SMILES string of the molecule is CC(C)CCN1Cc2cccc(NC(=O)CCc3ncc(C(C)(C)C)o3)c2C1. The maximum absolute atomic E-state index is 12.5. The second-order valence-corrected chi connectivity index (χ2v) is 9.25. The third kappa shape index (κ3) is 5.22. The summed E-state index contributed by atoms with van der Waals surface area (Å²) in [6.07, 6.45) is 3.84. The highest BCUT2D eigenvalue weighted by molar-refractivity contribution is 5.91. The molecule has 0 fully saturated rings. The normalized spacial score (nSPS) is 14.5. The number of rotatable bonds is 7. The van der Waals surface area contributed by atoms with Gasteiger partial charge in [-0.3, -0.25) is 9.69 Å². The van der Waals surface area contributed by atoms with Crippen molar-refractivity contribution in [3.05, 3.63) is 47.2 Å². The minimum absolute atomic E-state index is 0.00420. The van der Waals surface area contributed by atoms with E-state index in [0.29, 0.717) is 24.7 Å². The summed E-state index contributed by atoms with van der Waals surface area (Å²) in [7, 11) is 0. The molecule has 3 rings (SSSR count). The van der Waals surface area contributed by atoms with Gasteiger partial charge in [0.15, 0.2) is 5.89 Å². The van der Waals surface area contributed by atoms with Crippen LogP contribution in [0, 0.1) is 5.92 Å². The number of benzene rings is 1. The maximum atomic E-state index is 12.5. The fraction of sp³-hybridized carbons (Fsp3) is 0.565. The van der Waals surface area contributed by atoms with Crippen LogP contribution in [0.25, 0.3) is 0 Å². The lowest BCUT2D eigenvalue weighted by atomic mass is 9.94. The van der Waals surface area contributed by atoms with E-state index in [1.165, 1.54) is 17.5 Å². The number of carbonyl (C=O) groups is 1. The first-order valence-electron chi connectivity index (χ1n) is 10.3. The highest BCUT2D eigenvalue weighted by Crippen LogP contribution is 2.30. The van der Waals surface area contributed by atoms with E-state index < -0.39 is 0 Å². The second-order valence-electron chi connectivity index (χ2n) is 9.25. The van der Waals surface area contributed by atoms with Crippen molar-refractivity contribution in [3.8, 4) is 0 Å². The van der Waals surface area contributed by atoms with Crippen LogP contribution in [0.4, 0.5) is 5.69 Å². The largest absolute Gasteiger partial charge is 0.445 e. The number of nitrogens with zero attached hydrogens (tertiary/aromatic N) is 2. The van der Waals surface area contributed by atoms with Gasteiger partial charge in [-0.2, -0.15) is 0 Å². The molecule has 28 heavy (non-hydrogen) atoms. The molecule has 0 saturated heterocycles. The predicted molar refractivity (Wildman–Crippen MR) is 112 cm³/mol. The molecule has 1 aliphatic heterocycles. The Hall–Kier alpha value is -2.14. The first-order chi connectivity index (χ1) is 13.2. The van der Waals surface area contributed by atoms with Gasteiger partial charge < -0.3 is 9.73 Å². The molecule has 2 aromatic rings. The molecule has 0 spiro atoms. The van der Waals surface area contributed by atoms with E-state index in [1.54, 1.807) is 6.20 Å². The number of nitrogens with one attached hydrogen (secondary N) is 1. The third-order valence-corrected chi connectivity index (χ3v) is 5.20. The topological polar surface area (TPSA) is 58.4 Å². The van der Waals surface area contributed by atoms with Crippen molar-refractivity contribution in [1.82, 2.24) is 9.88 Å². The van der Waals surface area contributed by atoms with Crippen molar-refractivity contribution in [2.75, 3.05) is 11.9 Å². The number of anilines is 1. The van der Waals surface area contributed by atoms with Crippen molar-refractivity contribution in [2.45, 2.75) is 72.4 Å². The molecule has 152 valence electrons. The van der Waals surface area contributed by atoms with Gasteiger partial charge >= 0.3 is 0 Å². The second kappa shape index (κ2) is 8.48. The van der Waals surface area contributed by atoms with Crippen molar-refractivity contribution in [1.29, 1.82) is 0 Å².